The van der Waals surface area contributed by atoms with E-state index in [1.54, 1.807) is 17.5 Å². The van der Waals surface area contributed by atoms with Crippen LogP contribution in [-0.4, -0.2) is 9.97 Å². The third kappa shape index (κ3) is 2.14. The first kappa shape index (κ1) is 10.9. The summed E-state index contributed by atoms with van der Waals surface area (Å²) in [6.45, 7) is 4.69. The number of hydrogen-bond acceptors (Lipinski definition) is 5. The maximum Gasteiger partial charge on any atom is 0.149 e. The number of hydrogen-bond donors (Lipinski definition) is 2. The lowest BCUT2D eigenvalue weighted by Crippen LogP contribution is -2.05. The third-order valence-corrected chi connectivity index (χ3v) is 3.40. The molecule has 0 saturated heterocycles. The smallest absolute Gasteiger partial charge is 0.149 e. The highest BCUT2D eigenvalue weighted by Gasteiger charge is 2.05. The zero-order chi connectivity index (χ0) is 11.5. The van der Waals surface area contributed by atoms with Crippen molar-refractivity contribution in [1.82, 2.24) is 9.97 Å². The number of thiazole rings is 1. The van der Waals surface area contributed by atoms with Gasteiger partial charge in [0.15, 0.2) is 0 Å². The minimum Gasteiger partial charge on any atom is -0.396 e. The molecule has 0 spiro atoms. The van der Waals surface area contributed by atoms with Gasteiger partial charge in [0.2, 0.25) is 0 Å². The van der Waals surface area contributed by atoms with Crippen LogP contribution < -0.4 is 11.1 Å². The van der Waals surface area contributed by atoms with E-state index in [4.69, 9.17) is 5.73 Å². The first-order valence-electron chi connectivity index (χ1n) is 5.02. The molecule has 0 unspecified atom stereocenters. The van der Waals surface area contributed by atoms with Crippen LogP contribution in [0.3, 0.4) is 0 Å². The van der Waals surface area contributed by atoms with Gasteiger partial charge in [-0.1, -0.05) is 0 Å². The highest BCUT2D eigenvalue weighted by Crippen LogP contribution is 2.20. The van der Waals surface area contributed by atoms with Crippen LogP contribution in [0.4, 0.5) is 11.5 Å². The molecule has 0 fully saturated rings. The van der Waals surface area contributed by atoms with Gasteiger partial charge < -0.3 is 11.1 Å². The fraction of sp³-hybridized carbons (Fsp3) is 0.273. The van der Waals surface area contributed by atoms with Crippen molar-refractivity contribution in [1.29, 1.82) is 0 Å². The average molecular weight is 234 g/mol. The van der Waals surface area contributed by atoms with Crippen LogP contribution in [0.25, 0.3) is 0 Å². The van der Waals surface area contributed by atoms with E-state index in [1.807, 2.05) is 25.4 Å². The van der Waals surface area contributed by atoms with E-state index in [0.29, 0.717) is 5.69 Å². The van der Waals surface area contributed by atoms with Gasteiger partial charge >= 0.3 is 0 Å². The molecule has 0 atom stereocenters. The molecule has 2 heterocycles. The zero-order valence-corrected chi connectivity index (χ0v) is 10.1. The summed E-state index contributed by atoms with van der Waals surface area (Å²) in [5.74, 6) is 0.743. The van der Waals surface area contributed by atoms with Crippen molar-refractivity contribution in [2.24, 2.45) is 0 Å². The SMILES string of the molecule is Cc1ccnc(NCc2scnc2C)c1N. The highest BCUT2D eigenvalue weighted by molar-refractivity contribution is 7.09. The summed E-state index contributed by atoms with van der Waals surface area (Å²) in [5.41, 5.74) is 10.6. The number of nitrogens with one attached hydrogen (secondary N) is 1. The van der Waals surface area contributed by atoms with Gasteiger partial charge in [0, 0.05) is 11.1 Å². The molecule has 0 amide bonds. The Morgan fingerprint density at radius 2 is 2.19 bits per heavy atom. The summed E-state index contributed by atoms with van der Waals surface area (Å²) in [6, 6.07) is 1.90. The summed E-state index contributed by atoms with van der Waals surface area (Å²) >= 11 is 1.64. The largest absolute Gasteiger partial charge is 0.396 e. The van der Waals surface area contributed by atoms with Gasteiger partial charge in [-0.25, -0.2) is 9.97 Å². The van der Waals surface area contributed by atoms with Crippen molar-refractivity contribution < 1.29 is 0 Å². The Morgan fingerprint density at radius 1 is 1.38 bits per heavy atom. The lowest BCUT2D eigenvalue weighted by atomic mass is 10.2. The Morgan fingerprint density at radius 3 is 2.88 bits per heavy atom. The number of nitrogen functional groups attached to an aromatic ring is 1. The van der Waals surface area contributed by atoms with Gasteiger partial charge in [0.05, 0.1) is 23.4 Å². The van der Waals surface area contributed by atoms with Crippen LogP contribution in [0.15, 0.2) is 17.8 Å². The first-order valence-corrected chi connectivity index (χ1v) is 5.90. The Bertz CT molecular complexity index is 492. The highest BCUT2D eigenvalue weighted by atomic mass is 32.1. The topological polar surface area (TPSA) is 63.8 Å². The van der Waals surface area contributed by atoms with E-state index >= 15 is 0 Å². The van der Waals surface area contributed by atoms with Gasteiger partial charge in [-0.15, -0.1) is 11.3 Å². The fourth-order valence-corrected chi connectivity index (χ4v) is 2.09. The standard InChI is InChI=1S/C11H14N4S/c1-7-3-4-13-11(10(7)12)14-5-9-8(2)15-6-16-9/h3-4,6H,5,12H2,1-2H3,(H,13,14). The number of nitrogens with zero attached hydrogens (tertiary/aromatic N) is 2. The molecule has 3 N–H and O–H groups in total. The lowest BCUT2D eigenvalue weighted by molar-refractivity contribution is 1.09. The van der Waals surface area contributed by atoms with Crippen LogP contribution in [0, 0.1) is 13.8 Å². The Kier molecular flexibility index (Phi) is 3.05. The van der Waals surface area contributed by atoms with Crippen LogP contribution in [0.5, 0.6) is 0 Å². The number of aromatic nitrogens is 2. The molecule has 0 aliphatic heterocycles. The number of aryl methyl sites for hydroxylation is 2. The van der Waals surface area contributed by atoms with Gasteiger partial charge in [-0.3, -0.25) is 0 Å². The predicted molar refractivity (Wildman–Crippen MR) is 67.6 cm³/mol. The molecule has 4 nitrogen and oxygen atoms in total. The van der Waals surface area contributed by atoms with Crippen LogP contribution in [-0.2, 0) is 6.54 Å². The summed E-state index contributed by atoms with van der Waals surface area (Å²) in [4.78, 5) is 9.62. The number of anilines is 2. The second kappa shape index (κ2) is 4.49. The average Bonchev–Trinajstić information content (AvgIpc) is 2.67. The molecule has 2 rings (SSSR count). The van der Waals surface area contributed by atoms with E-state index < -0.39 is 0 Å². The maximum absolute atomic E-state index is 5.92. The van der Waals surface area contributed by atoms with Crippen molar-refractivity contribution in [3.05, 3.63) is 33.9 Å². The molecule has 0 aliphatic rings. The molecule has 84 valence electrons. The summed E-state index contributed by atoms with van der Waals surface area (Å²) in [5, 5.41) is 3.23. The molecule has 2 aromatic heterocycles. The third-order valence-electron chi connectivity index (χ3n) is 2.47. The number of rotatable bonds is 3. The van der Waals surface area contributed by atoms with Crippen molar-refractivity contribution in [2.75, 3.05) is 11.1 Å². The molecule has 0 bridgehead atoms. The van der Waals surface area contributed by atoms with Crippen molar-refractivity contribution in [3.63, 3.8) is 0 Å². The second-order valence-corrected chi connectivity index (χ2v) is 4.54. The van der Waals surface area contributed by atoms with E-state index in [2.05, 4.69) is 15.3 Å². The molecule has 0 saturated carbocycles. The molecule has 0 aliphatic carbocycles. The van der Waals surface area contributed by atoms with Crippen LogP contribution in [0.2, 0.25) is 0 Å². The van der Waals surface area contributed by atoms with Gasteiger partial charge in [-0.05, 0) is 25.5 Å². The molecular formula is C11H14N4S. The van der Waals surface area contributed by atoms with Crippen molar-refractivity contribution >= 4 is 22.8 Å². The summed E-state index contributed by atoms with van der Waals surface area (Å²) < 4.78 is 0. The lowest BCUT2D eigenvalue weighted by Gasteiger charge is -2.08. The Hall–Kier alpha value is -1.62. The fourth-order valence-electron chi connectivity index (χ4n) is 1.37. The van der Waals surface area contributed by atoms with Crippen LogP contribution in [0.1, 0.15) is 16.1 Å². The summed E-state index contributed by atoms with van der Waals surface area (Å²) in [7, 11) is 0. The number of pyridine rings is 1. The maximum atomic E-state index is 5.92. The number of nitrogens with two attached hydrogens (primary N) is 1. The van der Waals surface area contributed by atoms with E-state index in [-0.39, 0.29) is 0 Å². The molecular weight excluding hydrogens is 220 g/mol. The minimum absolute atomic E-state index is 0.713. The monoisotopic (exact) mass is 234 g/mol. The zero-order valence-electron chi connectivity index (χ0n) is 9.32. The van der Waals surface area contributed by atoms with Crippen molar-refractivity contribution in [3.8, 4) is 0 Å². The van der Waals surface area contributed by atoms with Crippen LogP contribution >= 0.6 is 11.3 Å². The molecule has 5 heteroatoms. The predicted octanol–water partition coefficient (Wildman–Crippen LogP) is 2.35. The molecule has 0 aromatic carbocycles. The van der Waals surface area contributed by atoms with E-state index in [9.17, 15) is 0 Å². The van der Waals surface area contributed by atoms with Crippen molar-refractivity contribution in [2.45, 2.75) is 20.4 Å². The Labute approximate surface area is 98.6 Å². The van der Waals surface area contributed by atoms with Gasteiger partial charge in [0.25, 0.3) is 0 Å². The van der Waals surface area contributed by atoms with Gasteiger partial charge in [0.1, 0.15) is 5.82 Å². The molecule has 2 aromatic rings. The van der Waals surface area contributed by atoms with E-state index in [0.717, 1.165) is 23.6 Å². The Balaban J connectivity index is 2.11. The first-order chi connectivity index (χ1) is 7.68. The second-order valence-electron chi connectivity index (χ2n) is 3.60. The summed E-state index contributed by atoms with van der Waals surface area (Å²) in [6.07, 6.45) is 1.76. The van der Waals surface area contributed by atoms with E-state index in [1.165, 1.54) is 4.88 Å². The quantitative estimate of drug-likeness (QED) is 0.855. The molecule has 0 radical (unpaired) electrons. The normalized spacial score (nSPS) is 10.4. The van der Waals surface area contributed by atoms with Gasteiger partial charge in [-0.2, -0.15) is 0 Å². The minimum atomic E-state index is 0.713. The molecule has 16 heavy (non-hydrogen) atoms.